The number of ether oxygens (including phenoxy) is 1. The zero-order valence-electron chi connectivity index (χ0n) is 12.5. The van der Waals surface area contributed by atoms with E-state index in [2.05, 4.69) is 22.2 Å². The van der Waals surface area contributed by atoms with E-state index < -0.39 is 0 Å². The van der Waals surface area contributed by atoms with E-state index in [9.17, 15) is 0 Å². The van der Waals surface area contributed by atoms with Crippen molar-refractivity contribution in [3.05, 3.63) is 18.1 Å². The molecule has 19 heavy (non-hydrogen) atoms. The summed E-state index contributed by atoms with van der Waals surface area (Å²) in [6.45, 7) is 2.25. The van der Waals surface area contributed by atoms with E-state index in [-0.39, 0.29) is 0 Å². The van der Waals surface area contributed by atoms with E-state index in [0.717, 1.165) is 12.1 Å². The average Bonchev–Trinajstić information content (AvgIpc) is 2.46. The Morgan fingerprint density at radius 3 is 2.68 bits per heavy atom. The van der Waals surface area contributed by atoms with Crippen molar-refractivity contribution >= 4 is 0 Å². The van der Waals surface area contributed by atoms with Gasteiger partial charge in [0.05, 0.1) is 7.11 Å². The van der Waals surface area contributed by atoms with Crippen molar-refractivity contribution < 1.29 is 4.74 Å². The van der Waals surface area contributed by atoms with Crippen LogP contribution in [0.1, 0.15) is 51.1 Å². The third-order valence-corrected chi connectivity index (χ3v) is 3.43. The molecule has 0 amide bonds. The van der Waals surface area contributed by atoms with E-state index in [1.54, 1.807) is 13.4 Å². The smallest absolute Gasteiger partial charge is 0.216 e. The van der Waals surface area contributed by atoms with Crippen molar-refractivity contribution in [3.8, 4) is 5.88 Å². The molecule has 1 aromatic heterocycles. The molecule has 1 unspecified atom stereocenters. The number of nitrogens with one attached hydrogen (secondary N) is 1. The first-order valence-corrected chi connectivity index (χ1v) is 7.32. The van der Waals surface area contributed by atoms with Crippen LogP contribution in [0.5, 0.6) is 5.88 Å². The van der Waals surface area contributed by atoms with Crippen LogP contribution < -0.4 is 10.1 Å². The minimum Gasteiger partial charge on any atom is -0.481 e. The molecule has 4 heteroatoms. The first kappa shape index (κ1) is 15.9. The molecule has 0 radical (unpaired) electrons. The Morgan fingerprint density at radius 1 is 1.21 bits per heavy atom. The van der Waals surface area contributed by atoms with Crippen LogP contribution in [0.4, 0.5) is 0 Å². The SMILES string of the molecule is CCCCCCCC(Cc1cc(OC)ncn1)NC. The third-order valence-electron chi connectivity index (χ3n) is 3.43. The average molecular weight is 265 g/mol. The molecule has 108 valence electrons. The lowest BCUT2D eigenvalue weighted by Crippen LogP contribution is -2.27. The maximum absolute atomic E-state index is 5.12. The summed E-state index contributed by atoms with van der Waals surface area (Å²) >= 11 is 0. The van der Waals surface area contributed by atoms with Crippen LogP contribution in [0.2, 0.25) is 0 Å². The standard InChI is InChI=1S/C15H27N3O/c1-4-5-6-7-8-9-13(16-2)10-14-11-15(19-3)18-12-17-14/h11-13,16H,4-10H2,1-3H3. The van der Waals surface area contributed by atoms with Gasteiger partial charge in [-0.2, -0.15) is 0 Å². The molecule has 1 N–H and O–H groups in total. The Labute approximate surface area is 117 Å². The van der Waals surface area contributed by atoms with Crippen LogP contribution in [0.15, 0.2) is 12.4 Å². The number of nitrogens with zero attached hydrogens (tertiary/aromatic N) is 2. The molecule has 0 aliphatic heterocycles. The van der Waals surface area contributed by atoms with Crippen molar-refractivity contribution in [3.63, 3.8) is 0 Å². The van der Waals surface area contributed by atoms with Crippen LogP contribution in [0, 0.1) is 0 Å². The van der Waals surface area contributed by atoms with Gasteiger partial charge in [0.25, 0.3) is 0 Å². The van der Waals surface area contributed by atoms with Crippen LogP contribution in [-0.2, 0) is 6.42 Å². The summed E-state index contributed by atoms with van der Waals surface area (Å²) in [5, 5.41) is 3.38. The Hall–Kier alpha value is -1.16. The number of methoxy groups -OCH3 is 1. The summed E-state index contributed by atoms with van der Waals surface area (Å²) in [5.74, 6) is 0.641. The normalized spacial score (nSPS) is 12.4. The second-order valence-corrected chi connectivity index (χ2v) is 4.94. The molecule has 4 nitrogen and oxygen atoms in total. The van der Waals surface area contributed by atoms with Crippen LogP contribution in [0.25, 0.3) is 0 Å². The van der Waals surface area contributed by atoms with Gasteiger partial charge in [0.2, 0.25) is 5.88 Å². The van der Waals surface area contributed by atoms with Gasteiger partial charge in [-0.25, -0.2) is 9.97 Å². The van der Waals surface area contributed by atoms with E-state index in [1.165, 1.54) is 38.5 Å². The maximum Gasteiger partial charge on any atom is 0.216 e. The first-order valence-electron chi connectivity index (χ1n) is 7.32. The second-order valence-electron chi connectivity index (χ2n) is 4.94. The highest BCUT2D eigenvalue weighted by Gasteiger charge is 2.09. The number of rotatable bonds is 10. The van der Waals surface area contributed by atoms with Crippen molar-refractivity contribution in [1.82, 2.24) is 15.3 Å². The fourth-order valence-electron chi connectivity index (χ4n) is 2.20. The zero-order chi connectivity index (χ0) is 13.9. The molecular formula is C15H27N3O. The Bertz CT molecular complexity index is 344. The van der Waals surface area contributed by atoms with Gasteiger partial charge in [0, 0.05) is 24.2 Å². The Balaban J connectivity index is 2.34. The van der Waals surface area contributed by atoms with Gasteiger partial charge in [0.15, 0.2) is 0 Å². The molecule has 0 aliphatic carbocycles. The van der Waals surface area contributed by atoms with Gasteiger partial charge in [-0.15, -0.1) is 0 Å². The fraction of sp³-hybridized carbons (Fsp3) is 0.733. The Kier molecular flexibility index (Phi) is 8.14. The van der Waals surface area contributed by atoms with Crippen molar-refractivity contribution in [2.24, 2.45) is 0 Å². The van der Waals surface area contributed by atoms with E-state index in [4.69, 9.17) is 4.74 Å². The largest absolute Gasteiger partial charge is 0.481 e. The molecule has 0 aliphatic rings. The predicted octanol–water partition coefficient (Wildman–Crippen LogP) is 2.98. The second kappa shape index (κ2) is 9.73. The number of hydrogen-bond donors (Lipinski definition) is 1. The summed E-state index contributed by atoms with van der Waals surface area (Å²) < 4.78 is 5.12. The van der Waals surface area contributed by atoms with Gasteiger partial charge in [-0.05, 0) is 13.5 Å². The van der Waals surface area contributed by atoms with Gasteiger partial charge in [-0.3, -0.25) is 0 Å². The minimum absolute atomic E-state index is 0.487. The van der Waals surface area contributed by atoms with Gasteiger partial charge in [-0.1, -0.05) is 39.0 Å². The van der Waals surface area contributed by atoms with Crippen LogP contribution in [-0.4, -0.2) is 30.2 Å². The summed E-state index contributed by atoms with van der Waals surface area (Å²) in [7, 11) is 3.66. The molecule has 0 bridgehead atoms. The molecule has 0 saturated carbocycles. The van der Waals surface area contributed by atoms with Gasteiger partial charge < -0.3 is 10.1 Å². The lowest BCUT2D eigenvalue weighted by molar-refractivity contribution is 0.394. The molecule has 0 fully saturated rings. The van der Waals surface area contributed by atoms with Crippen molar-refractivity contribution in [1.29, 1.82) is 0 Å². The summed E-state index contributed by atoms with van der Waals surface area (Å²) in [5.41, 5.74) is 1.04. The summed E-state index contributed by atoms with van der Waals surface area (Å²) in [6.07, 6.45) is 10.3. The molecule has 0 saturated heterocycles. The molecule has 0 aromatic carbocycles. The predicted molar refractivity (Wildman–Crippen MR) is 78.5 cm³/mol. The van der Waals surface area contributed by atoms with Crippen molar-refractivity contribution in [2.45, 2.75) is 57.9 Å². The highest BCUT2D eigenvalue weighted by atomic mass is 16.5. The summed E-state index contributed by atoms with van der Waals surface area (Å²) in [4.78, 5) is 8.33. The van der Waals surface area contributed by atoms with E-state index in [0.29, 0.717) is 11.9 Å². The molecule has 1 aromatic rings. The Morgan fingerprint density at radius 2 is 2.00 bits per heavy atom. The fourth-order valence-corrected chi connectivity index (χ4v) is 2.20. The lowest BCUT2D eigenvalue weighted by atomic mass is 10.0. The molecular weight excluding hydrogens is 238 g/mol. The molecule has 1 rings (SSSR count). The van der Waals surface area contributed by atoms with Crippen LogP contribution in [0.3, 0.4) is 0 Å². The monoisotopic (exact) mass is 265 g/mol. The van der Waals surface area contributed by atoms with Crippen molar-refractivity contribution in [2.75, 3.05) is 14.2 Å². The molecule has 1 atom stereocenters. The van der Waals surface area contributed by atoms with E-state index in [1.807, 2.05) is 13.1 Å². The lowest BCUT2D eigenvalue weighted by Gasteiger charge is -2.15. The quantitative estimate of drug-likeness (QED) is 0.661. The summed E-state index contributed by atoms with van der Waals surface area (Å²) in [6, 6.07) is 2.41. The van der Waals surface area contributed by atoms with E-state index >= 15 is 0 Å². The number of likely N-dealkylation sites (N-methyl/N-ethyl adjacent to an activating group) is 1. The minimum atomic E-state index is 0.487. The number of aromatic nitrogens is 2. The third kappa shape index (κ3) is 6.53. The molecule has 1 heterocycles. The van der Waals surface area contributed by atoms with Gasteiger partial charge in [0.1, 0.15) is 6.33 Å². The molecule has 0 spiro atoms. The number of hydrogen-bond acceptors (Lipinski definition) is 4. The highest BCUT2D eigenvalue weighted by molar-refractivity contribution is 5.14. The maximum atomic E-state index is 5.12. The number of unbranched alkanes of at least 4 members (excludes halogenated alkanes) is 4. The first-order chi connectivity index (χ1) is 9.30. The zero-order valence-corrected chi connectivity index (χ0v) is 12.5. The van der Waals surface area contributed by atoms with Gasteiger partial charge >= 0.3 is 0 Å². The van der Waals surface area contributed by atoms with Crippen LogP contribution >= 0.6 is 0 Å². The topological polar surface area (TPSA) is 47.0 Å². The highest BCUT2D eigenvalue weighted by Crippen LogP contribution is 2.12.